The maximum atomic E-state index is 13.0. The summed E-state index contributed by atoms with van der Waals surface area (Å²) in [4.78, 5) is 25.4. The topological polar surface area (TPSA) is 104 Å². The number of ether oxygens (including phenoxy) is 2. The highest BCUT2D eigenvalue weighted by molar-refractivity contribution is 6.31. The fraction of sp³-hybridized carbons (Fsp3) is 0.565. The minimum absolute atomic E-state index is 0.0617. The summed E-state index contributed by atoms with van der Waals surface area (Å²) in [5.74, 6) is 0.353. The summed E-state index contributed by atoms with van der Waals surface area (Å²) in [6.07, 6.45) is -3.45. The first-order valence-electron chi connectivity index (χ1n) is 11.4. The van der Waals surface area contributed by atoms with E-state index in [1.54, 1.807) is 12.1 Å². The van der Waals surface area contributed by atoms with Crippen LogP contribution in [0.3, 0.4) is 0 Å². The molecule has 2 bridgehead atoms. The van der Waals surface area contributed by atoms with Gasteiger partial charge in [0.05, 0.1) is 23.5 Å². The first-order valence-corrected chi connectivity index (χ1v) is 11.8. The van der Waals surface area contributed by atoms with E-state index in [2.05, 4.69) is 20.3 Å². The first-order chi connectivity index (χ1) is 16.5. The quantitative estimate of drug-likeness (QED) is 0.641. The van der Waals surface area contributed by atoms with Crippen LogP contribution in [0.1, 0.15) is 73.0 Å². The highest BCUT2D eigenvalue weighted by atomic mass is 35.5. The molecule has 1 aromatic carbocycles. The van der Waals surface area contributed by atoms with Crippen LogP contribution in [0.4, 0.5) is 13.2 Å². The molecule has 1 aromatic heterocycles. The third-order valence-corrected chi connectivity index (χ3v) is 7.87. The maximum Gasteiger partial charge on any atom is 0.522 e. The van der Waals surface area contributed by atoms with Crippen molar-refractivity contribution in [1.82, 2.24) is 15.5 Å². The number of benzene rings is 1. The Morgan fingerprint density at radius 2 is 1.97 bits per heavy atom. The van der Waals surface area contributed by atoms with Gasteiger partial charge in [0.2, 0.25) is 11.8 Å². The van der Waals surface area contributed by atoms with Crippen molar-refractivity contribution in [3.8, 4) is 5.75 Å². The second-order valence-electron chi connectivity index (χ2n) is 10.1. The largest absolute Gasteiger partial charge is 0.522 e. The number of carbonyl (C=O) groups excluding carboxylic acids is 2. The molecule has 4 saturated carbocycles. The summed E-state index contributed by atoms with van der Waals surface area (Å²) in [5.41, 5.74) is -0.407. The van der Waals surface area contributed by atoms with Crippen LogP contribution in [0.15, 0.2) is 22.6 Å². The highest BCUT2D eigenvalue weighted by Crippen LogP contribution is 2.62. The molecule has 7 rings (SSSR count). The van der Waals surface area contributed by atoms with Crippen LogP contribution < -0.4 is 10.1 Å². The van der Waals surface area contributed by atoms with Gasteiger partial charge in [0.15, 0.2) is 11.9 Å². The zero-order chi connectivity index (χ0) is 24.6. The van der Waals surface area contributed by atoms with Gasteiger partial charge >= 0.3 is 6.36 Å². The van der Waals surface area contributed by atoms with Crippen molar-refractivity contribution < 1.29 is 36.7 Å². The molecular formula is C23H21ClF3N3O5. The van der Waals surface area contributed by atoms with Crippen molar-refractivity contribution in [2.75, 3.05) is 0 Å². The highest BCUT2D eigenvalue weighted by Gasteiger charge is 2.65. The second kappa shape index (κ2) is 7.67. The van der Waals surface area contributed by atoms with E-state index in [-0.39, 0.29) is 42.3 Å². The van der Waals surface area contributed by atoms with Gasteiger partial charge in [-0.2, -0.15) is 0 Å². The summed E-state index contributed by atoms with van der Waals surface area (Å²) >= 11 is 5.95. The molecule has 1 unspecified atom stereocenters. The van der Waals surface area contributed by atoms with Crippen molar-refractivity contribution in [3.05, 3.63) is 40.6 Å². The lowest BCUT2D eigenvalue weighted by Gasteiger charge is -2.46. The second-order valence-corrected chi connectivity index (χ2v) is 10.5. The third kappa shape index (κ3) is 3.98. The van der Waals surface area contributed by atoms with E-state index < -0.39 is 24.1 Å². The lowest BCUT2D eigenvalue weighted by atomic mass is 9.65. The number of aromatic nitrogens is 2. The summed E-state index contributed by atoms with van der Waals surface area (Å²) < 4.78 is 52.7. The average Bonchev–Trinajstić information content (AvgIpc) is 3.44. The molecule has 2 aromatic rings. The van der Waals surface area contributed by atoms with Crippen molar-refractivity contribution in [2.45, 2.75) is 80.4 Å². The minimum Gasteiger partial charge on any atom is -0.479 e. The molecule has 0 spiro atoms. The number of nitrogens with zero attached hydrogens (tertiary/aromatic N) is 2. The first kappa shape index (κ1) is 22.8. The SMILES string of the molecule is O=C1CC(C(=O)NC23CCC(c4nnc(C5CC(OC(F)(F)F)C5)o4)(C2)C3)Oc2ccc(Cl)cc21. The number of hydrogen-bond donors (Lipinski definition) is 1. The number of ketones is 1. The van der Waals surface area contributed by atoms with Crippen LogP contribution in [0.5, 0.6) is 5.75 Å². The predicted octanol–water partition coefficient (Wildman–Crippen LogP) is 4.22. The Hall–Kier alpha value is -2.66. The van der Waals surface area contributed by atoms with Crippen LogP contribution in [0.25, 0.3) is 0 Å². The summed E-state index contributed by atoms with van der Waals surface area (Å²) in [6.45, 7) is 0. The van der Waals surface area contributed by atoms with Gasteiger partial charge in [-0.15, -0.1) is 23.4 Å². The maximum absolute atomic E-state index is 13.0. The van der Waals surface area contributed by atoms with Gasteiger partial charge in [0.25, 0.3) is 5.91 Å². The van der Waals surface area contributed by atoms with E-state index in [0.717, 1.165) is 6.42 Å². The standard InChI is InChI=1S/C23H21ClF3N3O5/c24-12-1-2-16-14(7-12)15(31)8-17(33-16)18(32)28-22-4-3-21(9-22,10-22)20-30-29-19(34-20)11-5-13(6-11)35-23(25,26)27/h1-2,7,11,13,17H,3-6,8-10H2,(H,28,32). The van der Waals surface area contributed by atoms with Gasteiger partial charge in [0.1, 0.15) is 5.75 Å². The van der Waals surface area contributed by atoms with E-state index >= 15 is 0 Å². The van der Waals surface area contributed by atoms with Gasteiger partial charge in [-0.1, -0.05) is 11.6 Å². The third-order valence-electron chi connectivity index (χ3n) is 7.64. The normalized spacial score (nSPS) is 33.4. The molecule has 186 valence electrons. The van der Waals surface area contributed by atoms with Crippen LogP contribution in [-0.4, -0.2) is 46.0 Å². The van der Waals surface area contributed by atoms with Crippen LogP contribution >= 0.6 is 11.6 Å². The Bertz CT molecular complexity index is 1200. The monoisotopic (exact) mass is 511 g/mol. The number of amides is 1. The molecule has 4 fully saturated rings. The van der Waals surface area contributed by atoms with Gasteiger partial charge in [-0.05, 0) is 56.7 Å². The van der Waals surface area contributed by atoms with Crippen molar-refractivity contribution in [3.63, 3.8) is 0 Å². The molecule has 35 heavy (non-hydrogen) atoms. The number of halogens is 4. The average molecular weight is 512 g/mol. The lowest BCUT2D eigenvalue weighted by molar-refractivity contribution is -0.352. The van der Waals surface area contributed by atoms with E-state index in [9.17, 15) is 22.8 Å². The van der Waals surface area contributed by atoms with E-state index in [4.69, 9.17) is 20.8 Å². The minimum atomic E-state index is -4.65. The van der Waals surface area contributed by atoms with Crippen LogP contribution in [-0.2, 0) is 14.9 Å². The van der Waals surface area contributed by atoms with E-state index in [1.807, 2.05) is 0 Å². The molecule has 1 aliphatic heterocycles. The molecule has 4 aliphatic carbocycles. The molecular weight excluding hydrogens is 491 g/mol. The number of nitrogens with one attached hydrogen (secondary N) is 1. The molecule has 1 atom stereocenters. The molecule has 1 amide bonds. The molecule has 5 aliphatic rings. The Kier molecular flexibility index (Phi) is 4.99. The van der Waals surface area contributed by atoms with Gasteiger partial charge in [0, 0.05) is 16.5 Å². The van der Waals surface area contributed by atoms with Crippen molar-refractivity contribution in [2.24, 2.45) is 0 Å². The summed E-state index contributed by atoms with van der Waals surface area (Å²) in [7, 11) is 0. The fourth-order valence-corrected chi connectivity index (χ4v) is 6.11. The molecule has 8 nitrogen and oxygen atoms in total. The van der Waals surface area contributed by atoms with E-state index in [0.29, 0.717) is 47.4 Å². The van der Waals surface area contributed by atoms with Crippen LogP contribution in [0, 0.1) is 0 Å². The summed E-state index contributed by atoms with van der Waals surface area (Å²) in [6, 6.07) is 4.73. The molecule has 1 N–H and O–H groups in total. The molecule has 12 heteroatoms. The van der Waals surface area contributed by atoms with Gasteiger partial charge < -0.3 is 14.5 Å². The Morgan fingerprint density at radius 3 is 2.71 bits per heavy atom. The number of carbonyl (C=O) groups is 2. The van der Waals surface area contributed by atoms with Crippen LogP contribution in [0.2, 0.25) is 5.02 Å². The molecule has 0 saturated heterocycles. The Labute approximate surface area is 202 Å². The number of Topliss-reactive ketones (excluding diaryl/α,β-unsaturated/α-hetero) is 1. The number of hydrogen-bond acceptors (Lipinski definition) is 7. The Balaban J connectivity index is 1.06. The summed E-state index contributed by atoms with van der Waals surface area (Å²) in [5, 5.41) is 11.7. The lowest BCUT2D eigenvalue weighted by Crippen LogP contribution is -2.60. The number of fused-ring (bicyclic) bond motifs is 2. The van der Waals surface area contributed by atoms with E-state index in [1.165, 1.54) is 6.07 Å². The van der Waals surface area contributed by atoms with Gasteiger partial charge in [-0.25, -0.2) is 0 Å². The fourth-order valence-electron chi connectivity index (χ4n) is 5.94. The molecule has 2 heterocycles. The molecule has 0 radical (unpaired) electrons. The van der Waals surface area contributed by atoms with Crippen molar-refractivity contribution in [1.29, 1.82) is 0 Å². The van der Waals surface area contributed by atoms with Gasteiger partial charge in [-0.3, -0.25) is 14.3 Å². The number of alkyl halides is 3. The number of rotatable bonds is 5. The predicted molar refractivity (Wildman–Crippen MR) is 113 cm³/mol. The Morgan fingerprint density at radius 1 is 1.20 bits per heavy atom. The zero-order valence-corrected chi connectivity index (χ0v) is 19.1. The smallest absolute Gasteiger partial charge is 0.479 e. The zero-order valence-electron chi connectivity index (χ0n) is 18.4. The van der Waals surface area contributed by atoms with Crippen molar-refractivity contribution >= 4 is 23.3 Å².